The van der Waals surface area contributed by atoms with E-state index in [4.69, 9.17) is 0 Å². The molecule has 1 saturated heterocycles. The summed E-state index contributed by atoms with van der Waals surface area (Å²) in [7, 11) is 0. The lowest BCUT2D eigenvalue weighted by Gasteiger charge is -2.21. The molecule has 22 heavy (non-hydrogen) atoms. The molecule has 122 valence electrons. The van der Waals surface area contributed by atoms with Gasteiger partial charge < -0.3 is 20.6 Å². The van der Waals surface area contributed by atoms with Gasteiger partial charge in [0.05, 0.1) is 12.6 Å². The van der Waals surface area contributed by atoms with Crippen molar-refractivity contribution in [2.24, 2.45) is 5.92 Å². The summed E-state index contributed by atoms with van der Waals surface area (Å²) in [6.45, 7) is 5.91. The van der Waals surface area contributed by atoms with Gasteiger partial charge in [0.2, 0.25) is 0 Å². The number of aliphatic hydroxyl groups excluding tert-OH is 1. The summed E-state index contributed by atoms with van der Waals surface area (Å²) < 4.78 is 0. The highest BCUT2D eigenvalue weighted by Crippen LogP contribution is 2.19. The first-order valence-electron chi connectivity index (χ1n) is 8.06. The van der Waals surface area contributed by atoms with E-state index in [9.17, 15) is 9.90 Å². The van der Waals surface area contributed by atoms with Crippen LogP contribution in [0.5, 0.6) is 0 Å². The van der Waals surface area contributed by atoms with Gasteiger partial charge in [0.25, 0.3) is 0 Å². The van der Waals surface area contributed by atoms with Crippen LogP contribution in [0.1, 0.15) is 26.7 Å². The third-order valence-corrected chi connectivity index (χ3v) is 3.96. The van der Waals surface area contributed by atoms with Gasteiger partial charge in [0.15, 0.2) is 0 Å². The van der Waals surface area contributed by atoms with Crippen LogP contribution in [0, 0.1) is 5.92 Å². The standard InChI is InChI=1S/C17H27N3O2/c1-13(2)10-15(12-21)19-17(22)18-14-8-9-20(11-14)16-6-4-3-5-7-16/h3-7,13-15,21H,8-12H2,1-2H3,(H2,18,19,22)/t14-,15-/m0/s1. The van der Waals surface area contributed by atoms with Gasteiger partial charge in [0.1, 0.15) is 0 Å². The van der Waals surface area contributed by atoms with Gasteiger partial charge >= 0.3 is 6.03 Å². The van der Waals surface area contributed by atoms with Crippen molar-refractivity contribution >= 4 is 11.7 Å². The fourth-order valence-corrected chi connectivity index (χ4v) is 2.91. The predicted octanol–water partition coefficient (Wildman–Crippen LogP) is 1.97. The normalized spacial score (nSPS) is 19.3. The Bertz CT molecular complexity index is 464. The number of benzene rings is 1. The third-order valence-electron chi connectivity index (χ3n) is 3.96. The molecule has 0 radical (unpaired) electrons. The Hall–Kier alpha value is -1.75. The number of nitrogens with zero attached hydrogens (tertiary/aromatic N) is 1. The van der Waals surface area contributed by atoms with Crippen LogP contribution in [0.15, 0.2) is 30.3 Å². The summed E-state index contributed by atoms with van der Waals surface area (Å²) in [4.78, 5) is 14.3. The topological polar surface area (TPSA) is 64.6 Å². The Kier molecular flexibility index (Phi) is 6.07. The molecule has 0 aromatic heterocycles. The van der Waals surface area contributed by atoms with Crippen molar-refractivity contribution in [2.45, 2.75) is 38.8 Å². The highest BCUT2D eigenvalue weighted by Gasteiger charge is 2.24. The van der Waals surface area contributed by atoms with Crippen LogP contribution < -0.4 is 15.5 Å². The number of carbonyl (C=O) groups excluding carboxylic acids is 1. The summed E-state index contributed by atoms with van der Waals surface area (Å²) >= 11 is 0. The van der Waals surface area contributed by atoms with Crippen LogP contribution in [0.2, 0.25) is 0 Å². The second-order valence-corrected chi connectivity index (χ2v) is 6.39. The summed E-state index contributed by atoms with van der Waals surface area (Å²) in [5, 5.41) is 15.2. The second-order valence-electron chi connectivity index (χ2n) is 6.39. The Morgan fingerprint density at radius 1 is 1.36 bits per heavy atom. The fourth-order valence-electron chi connectivity index (χ4n) is 2.91. The third kappa shape index (κ3) is 4.91. The average Bonchev–Trinajstić information content (AvgIpc) is 2.95. The van der Waals surface area contributed by atoms with Crippen LogP contribution in [-0.2, 0) is 0 Å². The number of rotatable bonds is 6. The molecule has 0 saturated carbocycles. The Morgan fingerprint density at radius 2 is 2.09 bits per heavy atom. The number of carbonyl (C=O) groups is 1. The lowest BCUT2D eigenvalue weighted by molar-refractivity contribution is 0.205. The molecule has 0 bridgehead atoms. The number of para-hydroxylation sites is 1. The quantitative estimate of drug-likeness (QED) is 0.753. The lowest BCUT2D eigenvalue weighted by Crippen LogP contribution is -2.48. The maximum Gasteiger partial charge on any atom is 0.315 e. The molecule has 1 aromatic rings. The molecule has 5 nitrogen and oxygen atoms in total. The molecule has 1 fully saturated rings. The van der Waals surface area contributed by atoms with Crippen molar-refractivity contribution in [3.05, 3.63) is 30.3 Å². The summed E-state index contributed by atoms with van der Waals surface area (Å²) in [5.74, 6) is 0.442. The lowest BCUT2D eigenvalue weighted by atomic mass is 10.0. The minimum absolute atomic E-state index is 0.0214. The molecule has 1 aromatic carbocycles. The number of amides is 2. The fraction of sp³-hybridized carbons (Fsp3) is 0.588. The van der Waals surface area contributed by atoms with Crippen LogP contribution >= 0.6 is 0 Å². The number of anilines is 1. The molecule has 0 unspecified atom stereocenters. The van der Waals surface area contributed by atoms with E-state index in [1.807, 2.05) is 18.2 Å². The van der Waals surface area contributed by atoms with E-state index in [0.717, 1.165) is 25.9 Å². The zero-order valence-electron chi connectivity index (χ0n) is 13.5. The van der Waals surface area contributed by atoms with E-state index in [2.05, 4.69) is 41.5 Å². The number of nitrogens with one attached hydrogen (secondary N) is 2. The maximum atomic E-state index is 12.0. The minimum atomic E-state index is -0.181. The van der Waals surface area contributed by atoms with Crippen molar-refractivity contribution < 1.29 is 9.90 Å². The molecule has 1 aliphatic heterocycles. The van der Waals surface area contributed by atoms with Crippen molar-refractivity contribution in [3.63, 3.8) is 0 Å². The van der Waals surface area contributed by atoms with E-state index in [1.165, 1.54) is 5.69 Å². The summed E-state index contributed by atoms with van der Waals surface area (Å²) in [6.07, 6.45) is 1.72. The average molecular weight is 305 g/mol. The van der Waals surface area contributed by atoms with Gasteiger partial charge in [-0.25, -0.2) is 4.79 Å². The van der Waals surface area contributed by atoms with Gasteiger partial charge in [-0.05, 0) is 30.9 Å². The first-order valence-corrected chi connectivity index (χ1v) is 8.06. The SMILES string of the molecule is CC(C)C[C@@H](CO)NC(=O)N[C@H]1CCN(c2ccccc2)C1. The van der Waals surface area contributed by atoms with Crippen molar-refractivity contribution in [1.29, 1.82) is 0 Å². The number of aliphatic hydroxyl groups is 1. The highest BCUT2D eigenvalue weighted by atomic mass is 16.3. The van der Waals surface area contributed by atoms with Crippen LogP contribution in [0.3, 0.4) is 0 Å². The summed E-state index contributed by atoms with van der Waals surface area (Å²) in [6, 6.07) is 10.0. The van der Waals surface area contributed by atoms with Crippen molar-refractivity contribution in [2.75, 3.05) is 24.6 Å². The van der Waals surface area contributed by atoms with Crippen molar-refractivity contribution in [1.82, 2.24) is 10.6 Å². The van der Waals surface area contributed by atoms with Gasteiger partial charge in [-0.3, -0.25) is 0 Å². The monoisotopic (exact) mass is 305 g/mol. The van der Waals surface area contributed by atoms with Crippen LogP contribution in [-0.4, -0.2) is 42.9 Å². The van der Waals surface area contributed by atoms with Gasteiger partial charge in [-0.15, -0.1) is 0 Å². The molecule has 5 heteroatoms. The second kappa shape index (κ2) is 8.03. The Morgan fingerprint density at radius 3 is 2.73 bits per heavy atom. The highest BCUT2D eigenvalue weighted by molar-refractivity contribution is 5.74. The molecule has 2 amide bonds. The molecule has 0 spiro atoms. The zero-order valence-corrected chi connectivity index (χ0v) is 13.5. The maximum absolute atomic E-state index is 12.0. The molecule has 2 atom stereocenters. The number of hydrogen-bond donors (Lipinski definition) is 3. The smallest absolute Gasteiger partial charge is 0.315 e. The Labute approximate surface area is 132 Å². The van der Waals surface area contributed by atoms with Gasteiger partial charge in [-0.1, -0.05) is 32.0 Å². The van der Waals surface area contributed by atoms with E-state index in [0.29, 0.717) is 5.92 Å². The van der Waals surface area contributed by atoms with E-state index < -0.39 is 0 Å². The molecular weight excluding hydrogens is 278 g/mol. The molecular formula is C17H27N3O2. The first-order chi connectivity index (χ1) is 10.6. The molecule has 0 aliphatic carbocycles. The van der Waals surface area contributed by atoms with Crippen LogP contribution in [0.4, 0.5) is 10.5 Å². The molecule has 1 heterocycles. The van der Waals surface area contributed by atoms with E-state index in [-0.39, 0.29) is 24.7 Å². The summed E-state index contributed by atoms with van der Waals surface area (Å²) in [5.41, 5.74) is 1.19. The van der Waals surface area contributed by atoms with Gasteiger partial charge in [0, 0.05) is 24.8 Å². The minimum Gasteiger partial charge on any atom is -0.394 e. The molecule has 1 aliphatic rings. The first kappa shape index (κ1) is 16.6. The largest absolute Gasteiger partial charge is 0.394 e. The van der Waals surface area contributed by atoms with E-state index in [1.54, 1.807) is 0 Å². The zero-order chi connectivity index (χ0) is 15.9. The molecule has 3 N–H and O–H groups in total. The predicted molar refractivity (Wildman–Crippen MR) is 89.1 cm³/mol. The number of urea groups is 1. The van der Waals surface area contributed by atoms with Gasteiger partial charge in [-0.2, -0.15) is 0 Å². The van der Waals surface area contributed by atoms with Crippen LogP contribution in [0.25, 0.3) is 0 Å². The number of hydrogen-bond acceptors (Lipinski definition) is 3. The Balaban J connectivity index is 1.78. The molecule has 2 rings (SSSR count). The van der Waals surface area contributed by atoms with Crippen molar-refractivity contribution in [3.8, 4) is 0 Å². The van der Waals surface area contributed by atoms with E-state index >= 15 is 0 Å².